The molecule has 4 heterocycles. The molecule has 1 fully saturated rings. The smallest absolute Gasteiger partial charge is 0.262 e. The van der Waals surface area contributed by atoms with Crippen molar-refractivity contribution in [2.45, 2.75) is 12.1 Å². The molecule has 8 nitrogen and oxygen atoms in total. The first-order valence-electron chi connectivity index (χ1n) is 13.8. The molecule has 1 aliphatic heterocycles. The highest BCUT2D eigenvalue weighted by atomic mass is 32.1. The number of benzene rings is 3. The predicted octanol–water partition coefficient (Wildman–Crippen LogP) is 6.68. The number of carbonyl (C=O) groups is 1. The van der Waals surface area contributed by atoms with Crippen LogP contribution < -0.4 is 20.3 Å². The third kappa shape index (κ3) is 5.45. The number of fused-ring (bicyclic) bond motifs is 1. The summed E-state index contributed by atoms with van der Waals surface area (Å²) < 4.78 is 8.84. The van der Waals surface area contributed by atoms with E-state index in [2.05, 4.69) is 37.2 Å². The summed E-state index contributed by atoms with van der Waals surface area (Å²) in [5.41, 5.74) is 4.43. The molecule has 212 valence electrons. The number of ether oxygens (including phenoxy) is 1. The number of amides is 1. The summed E-state index contributed by atoms with van der Waals surface area (Å²) in [6.07, 6.45) is 3.84. The van der Waals surface area contributed by atoms with E-state index in [9.17, 15) is 4.79 Å². The van der Waals surface area contributed by atoms with E-state index in [4.69, 9.17) is 21.9 Å². The van der Waals surface area contributed by atoms with E-state index in [-0.39, 0.29) is 24.6 Å². The SMILES string of the molecule is O=C(COc1ccccc1)Nc1ccc(N2C(=S)NC(c3ccccn3)C2c2cccn2-c2nc3ccccc3s2)cc1. The van der Waals surface area contributed by atoms with Crippen LogP contribution in [0.2, 0.25) is 0 Å². The second-order valence-electron chi connectivity index (χ2n) is 9.96. The summed E-state index contributed by atoms with van der Waals surface area (Å²) in [7, 11) is 0. The largest absolute Gasteiger partial charge is 0.484 e. The Hall–Kier alpha value is -5.06. The Morgan fingerprint density at radius 2 is 1.72 bits per heavy atom. The van der Waals surface area contributed by atoms with E-state index < -0.39 is 0 Å². The maximum absolute atomic E-state index is 12.5. The molecule has 0 saturated carbocycles. The molecule has 6 aromatic rings. The molecule has 43 heavy (non-hydrogen) atoms. The maximum Gasteiger partial charge on any atom is 0.262 e. The molecule has 7 rings (SSSR count). The second-order valence-corrected chi connectivity index (χ2v) is 11.4. The minimum Gasteiger partial charge on any atom is -0.484 e. The fourth-order valence-corrected chi connectivity index (χ4v) is 6.59. The quantitative estimate of drug-likeness (QED) is 0.188. The van der Waals surface area contributed by atoms with Crippen molar-refractivity contribution < 1.29 is 9.53 Å². The number of anilines is 2. The summed E-state index contributed by atoms with van der Waals surface area (Å²) in [6.45, 7) is -0.0809. The van der Waals surface area contributed by atoms with Gasteiger partial charge in [0.15, 0.2) is 16.9 Å². The first-order valence-corrected chi connectivity index (χ1v) is 15.0. The standard InChI is InChI=1S/C33H26N6O2S2/c40-29(21-41-24-9-2-1-3-10-24)35-22-15-17-23(18-16-22)39-31(30(37-32(39)42)26-12-6-7-19-34-26)27-13-8-20-38(27)33-36-25-11-4-5-14-28(25)43-33/h1-20,30-31H,21H2,(H,35,40)(H,37,42). The van der Waals surface area contributed by atoms with Crippen LogP contribution in [0.4, 0.5) is 11.4 Å². The predicted molar refractivity (Wildman–Crippen MR) is 174 cm³/mol. The van der Waals surface area contributed by atoms with E-state index in [0.29, 0.717) is 16.5 Å². The minimum absolute atomic E-state index is 0.0809. The summed E-state index contributed by atoms with van der Waals surface area (Å²) in [5, 5.41) is 7.90. The van der Waals surface area contributed by atoms with Gasteiger partial charge in [-0.3, -0.25) is 14.3 Å². The van der Waals surface area contributed by atoms with E-state index in [1.165, 1.54) is 0 Å². The molecule has 0 spiro atoms. The van der Waals surface area contributed by atoms with Gasteiger partial charge in [-0.2, -0.15) is 0 Å². The lowest BCUT2D eigenvalue weighted by Crippen LogP contribution is -2.30. The van der Waals surface area contributed by atoms with Crippen molar-refractivity contribution in [1.29, 1.82) is 0 Å². The van der Waals surface area contributed by atoms with Gasteiger partial charge in [0, 0.05) is 23.8 Å². The molecule has 0 bridgehead atoms. The summed E-state index contributed by atoms with van der Waals surface area (Å²) in [5.74, 6) is 0.406. The summed E-state index contributed by atoms with van der Waals surface area (Å²) in [6, 6.07) is 34.7. The lowest BCUT2D eigenvalue weighted by molar-refractivity contribution is -0.118. The molecule has 1 aliphatic rings. The van der Waals surface area contributed by atoms with Crippen molar-refractivity contribution in [2.24, 2.45) is 0 Å². The van der Waals surface area contributed by atoms with Crippen molar-refractivity contribution in [1.82, 2.24) is 19.9 Å². The van der Waals surface area contributed by atoms with E-state index in [1.54, 1.807) is 17.5 Å². The van der Waals surface area contributed by atoms with Gasteiger partial charge < -0.3 is 20.3 Å². The molecule has 1 amide bonds. The fraction of sp³-hybridized carbons (Fsp3) is 0.0909. The van der Waals surface area contributed by atoms with Crippen molar-refractivity contribution in [3.8, 4) is 10.9 Å². The van der Waals surface area contributed by atoms with Gasteiger partial charge in [0.1, 0.15) is 11.8 Å². The molecule has 1 saturated heterocycles. The number of pyridine rings is 1. The first kappa shape index (κ1) is 26.8. The van der Waals surface area contributed by atoms with Gasteiger partial charge >= 0.3 is 0 Å². The number of thiazole rings is 1. The maximum atomic E-state index is 12.5. The van der Waals surface area contributed by atoms with Crippen molar-refractivity contribution >= 4 is 56.2 Å². The Morgan fingerprint density at radius 1 is 0.930 bits per heavy atom. The monoisotopic (exact) mass is 602 g/mol. The number of nitrogens with one attached hydrogen (secondary N) is 2. The van der Waals surface area contributed by atoms with Gasteiger partial charge in [0.2, 0.25) is 0 Å². The van der Waals surface area contributed by atoms with Crippen molar-refractivity contribution in [3.63, 3.8) is 0 Å². The van der Waals surface area contributed by atoms with Crippen LogP contribution in [0.25, 0.3) is 15.3 Å². The Labute approximate surface area is 257 Å². The first-order chi connectivity index (χ1) is 21.1. The zero-order valence-electron chi connectivity index (χ0n) is 22.8. The molecule has 3 aromatic heterocycles. The number of hydrogen-bond acceptors (Lipinski definition) is 6. The summed E-state index contributed by atoms with van der Waals surface area (Å²) >= 11 is 7.57. The lowest BCUT2D eigenvalue weighted by atomic mass is 10.0. The normalized spacial score (nSPS) is 16.3. The van der Waals surface area contributed by atoms with Crippen LogP contribution in [-0.2, 0) is 4.79 Å². The molecule has 0 radical (unpaired) electrons. The molecule has 2 unspecified atom stereocenters. The zero-order valence-corrected chi connectivity index (χ0v) is 24.5. The van der Waals surface area contributed by atoms with Crippen LogP contribution in [0.3, 0.4) is 0 Å². The number of hydrogen-bond donors (Lipinski definition) is 2. The third-order valence-electron chi connectivity index (χ3n) is 7.21. The van der Waals surface area contributed by atoms with Gasteiger partial charge in [0.25, 0.3) is 5.91 Å². The number of rotatable bonds is 8. The van der Waals surface area contributed by atoms with Gasteiger partial charge in [0.05, 0.1) is 27.6 Å². The van der Waals surface area contributed by atoms with Crippen LogP contribution in [0.5, 0.6) is 5.75 Å². The summed E-state index contributed by atoms with van der Waals surface area (Å²) in [4.78, 5) is 24.2. The van der Waals surface area contributed by atoms with E-state index in [1.807, 2.05) is 103 Å². The van der Waals surface area contributed by atoms with Crippen LogP contribution in [0.15, 0.2) is 122 Å². The Morgan fingerprint density at radius 3 is 2.51 bits per heavy atom. The van der Waals surface area contributed by atoms with Crippen LogP contribution in [-0.4, -0.2) is 32.2 Å². The number of aromatic nitrogens is 3. The Bertz CT molecular complexity index is 1860. The second kappa shape index (κ2) is 11.7. The third-order valence-corrected chi connectivity index (χ3v) is 8.56. The van der Waals surface area contributed by atoms with Crippen molar-refractivity contribution in [2.75, 3.05) is 16.8 Å². The topological polar surface area (TPSA) is 84.3 Å². The van der Waals surface area contributed by atoms with E-state index >= 15 is 0 Å². The van der Waals surface area contributed by atoms with Gasteiger partial charge in [-0.25, -0.2) is 4.98 Å². The molecule has 10 heteroatoms. The molecule has 2 N–H and O–H groups in total. The van der Waals surface area contributed by atoms with Gasteiger partial charge in [-0.05, 0) is 85.0 Å². The Balaban J connectivity index is 1.19. The van der Waals surface area contributed by atoms with Crippen molar-refractivity contribution in [3.05, 3.63) is 133 Å². The highest BCUT2D eigenvalue weighted by Crippen LogP contribution is 2.43. The van der Waals surface area contributed by atoms with Crippen LogP contribution >= 0.6 is 23.6 Å². The average molecular weight is 603 g/mol. The highest BCUT2D eigenvalue weighted by molar-refractivity contribution is 7.80. The molecule has 3 aromatic carbocycles. The molecular weight excluding hydrogens is 577 g/mol. The highest BCUT2D eigenvalue weighted by Gasteiger charge is 2.42. The number of nitrogens with zero attached hydrogens (tertiary/aromatic N) is 4. The van der Waals surface area contributed by atoms with Gasteiger partial charge in [-0.1, -0.05) is 47.7 Å². The van der Waals surface area contributed by atoms with Crippen LogP contribution in [0, 0.1) is 0 Å². The van der Waals surface area contributed by atoms with Crippen LogP contribution in [0.1, 0.15) is 23.5 Å². The molecule has 0 aliphatic carbocycles. The molecule has 2 atom stereocenters. The van der Waals surface area contributed by atoms with Gasteiger partial charge in [-0.15, -0.1) is 0 Å². The number of para-hydroxylation sites is 2. The zero-order chi connectivity index (χ0) is 29.2. The minimum atomic E-state index is -0.239. The van der Waals surface area contributed by atoms with E-state index in [0.717, 1.165) is 32.4 Å². The Kier molecular flexibility index (Phi) is 7.28. The number of carbonyl (C=O) groups excluding carboxylic acids is 1. The number of thiocarbonyl (C=S) groups is 1. The lowest BCUT2D eigenvalue weighted by Gasteiger charge is -2.28. The fourth-order valence-electron chi connectivity index (χ4n) is 5.27. The average Bonchev–Trinajstić information content (AvgIpc) is 3.78. The molecular formula is C33H26N6O2S2.